The molecule has 3 rings (SSSR count). The molecule has 0 unspecified atom stereocenters. The van der Waals surface area contributed by atoms with Gasteiger partial charge in [0.05, 0.1) is 11.0 Å². The molecule has 0 aliphatic heterocycles. The Bertz CT molecular complexity index is 803. The molecule has 20 heavy (non-hydrogen) atoms. The lowest BCUT2D eigenvalue weighted by Gasteiger charge is -2.00. The van der Waals surface area contributed by atoms with Gasteiger partial charge in [0, 0.05) is 17.6 Å². The van der Waals surface area contributed by atoms with Crippen LogP contribution in [0.15, 0.2) is 41.7 Å². The first-order valence-corrected chi connectivity index (χ1v) is 6.97. The number of fused-ring (bicyclic) bond motifs is 1. The number of thioether (sulfide) groups is 1. The van der Waals surface area contributed by atoms with Crippen molar-refractivity contribution in [3.63, 3.8) is 0 Å². The van der Waals surface area contributed by atoms with Gasteiger partial charge in [0.1, 0.15) is 11.8 Å². The van der Waals surface area contributed by atoms with E-state index in [1.165, 1.54) is 11.8 Å². The van der Waals surface area contributed by atoms with Crippen LogP contribution in [0, 0.1) is 11.3 Å². The highest BCUT2D eigenvalue weighted by molar-refractivity contribution is 7.98. The van der Waals surface area contributed by atoms with Crippen LogP contribution in [0.4, 0.5) is 5.69 Å². The van der Waals surface area contributed by atoms with Crippen molar-refractivity contribution in [3.05, 3.63) is 47.8 Å². The lowest BCUT2D eigenvalue weighted by atomic mass is 10.2. The fourth-order valence-corrected chi connectivity index (χ4v) is 2.74. The zero-order valence-electron chi connectivity index (χ0n) is 10.5. The van der Waals surface area contributed by atoms with Gasteiger partial charge in [0.25, 0.3) is 0 Å². The van der Waals surface area contributed by atoms with Crippen molar-refractivity contribution in [2.75, 3.05) is 5.73 Å². The van der Waals surface area contributed by atoms with E-state index in [0.29, 0.717) is 17.1 Å². The van der Waals surface area contributed by atoms with E-state index in [1.54, 1.807) is 6.20 Å². The van der Waals surface area contributed by atoms with Crippen LogP contribution in [0.25, 0.3) is 11.0 Å². The van der Waals surface area contributed by atoms with E-state index in [0.717, 1.165) is 21.8 Å². The summed E-state index contributed by atoms with van der Waals surface area (Å²) in [5.41, 5.74) is 9.60. The number of nitrogen functional groups attached to an aromatic ring is 1. The fraction of sp³-hybridized carbons (Fsp3) is 0.0714. The second kappa shape index (κ2) is 5.23. The molecule has 0 spiro atoms. The topological polar surface area (TPSA) is 91.4 Å². The first-order valence-electron chi connectivity index (χ1n) is 5.98. The Labute approximate surface area is 119 Å². The lowest BCUT2D eigenvalue weighted by molar-refractivity contribution is 1.08. The summed E-state index contributed by atoms with van der Waals surface area (Å²) in [6.07, 6.45) is 1.62. The van der Waals surface area contributed by atoms with Crippen LogP contribution in [0.3, 0.4) is 0 Å². The number of rotatable bonds is 3. The van der Waals surface area contributed by atoms with Crippen molar-refractivity contribution < 1.29 is 0 Å². The van der Waals surface area contributed by atoms with Gasteiger partial charge in [0.2, 0.25) is 0 Å². The molecule has 0 aliphatic carbocycles. The van der Waals surface area contributed by atoms with Crippen molar-refractivity contribution in [1.82, 2.24) is 15.0 Å². The Morgan fingerprint density at radius 1 is 1.35 bits per heavy atom. The SMILES string of the molecule is N#Cc1ncccc1CSc1nc2ccc(N)cc2[nH]1. The normalized spacial score (nSPS) is 10.6. The zero-order valence-corrected chi connectivity index (χ0v) is 11.3. The van der Waals surface area contributed by atoms with E-state index in [1.807, 2.05) is 30.3 Å². The van der Waals surface area contributed by atoms with E-state index in [4.69, 9.17) is 11.0 Å². The molecular weight excluding hydrogens is 270 g/mol. The fourth-order valence-electron chi connectivity index (χ4n) is 1.87. The van der Waals surface area contributed by atoms with Crippen LogP contribution in [-0.2, 0) is 5.75 Å². The number of nitrogens with one attached hydrogen (secondary N) is 1. The number of nitriles is 1. The van der Waals surface area contributed by atoms with E-state index in [2.05, 4.69) is 21.0 Å². The molecule has 6 heteroatoms. The third-order valence-corrected chi connectivity index (χ3v) is 3.77. The quantitative estimate of drug-likeness (QED) is 0.569. The van der Waals surface area contributed by atoms with Crippen molar-refractivity contribution in [1.29, 1.82) is 5.26 Å². The number of nitrogens with zero attached hydrogens (tertiary/aromatic N) is 3. The third-order valence-electron chi connectivity index (χ3n) is 2.85. The van der Waals surface area contributed by atoms with Gasteiger partial charge >= 0.3 is 0 Å². The van der Waals surface area contributed by atoms with E-state index < -0.39 is 0 Å². The summed E-state index contributed by atoms with van der Waals surface area (Å²) in [6, 6.07) is 11.4. The monoisotopic (exact) mass is 281 g/mol. The first-order chi connectivity index (χ1) is 9.76. The predicted molar refractivity (Wildman–Crippen MR) is 79.0 cm³/mol. The van der Waals surface area contributed by atoms with Crippen LogP contribution >= 0.6 is 11.8 Å². The molecule has 2 heterocycles. The number of H-pyrrole nitrogens is 1. The maximum atomic E-state index is 9.00. The van der Waals surface area contributed by atoms with Gasteiger partial charge in [-0.15, -0.1) is 0 Å². The molecule has 0 saturated carbocycles. The molecule has 98 valence electrons. The van der Waals surface area contributed by atoms with Crippen molar-refractivity contribution in [3.8, 4) is 6.07 Å². The van der Waals surface area contributed by atoms with Gasteiger partial charge in [-0.05, 0) is 29.8 Å². The molecular formula is C14H11N5S. The van der Waals surface area contributed by atoms with Crippen LogP contribution in [0.1, 0.15) is 11.3 Å². The minimum absolute atomic E-state index is 0.459. The van der Waals surface area contributed by atoms with E-state index in [9.17, 15) is 0 Å². The largest absolute Gasteiger partial charge is 0.399 e. The Morgan fingerprint density at radius 3 is 3.10 bits per heavy atom. The molecule has 3 N–H and O–H groups in total. The second-order valence-corrected chi connectivity index (χ2v) is 5.19. The number of aromatic nitrogens is 3. The molecule has 5 nitrogen and oxygen atoms in total. The molecule has 0 aliphatic rings. The Morgan fingerprint density at radius 2 is 2.25 bits per heavy atom. The number of anilines is 1. The first kappa shape index (κ1) is 12.5. The zero-order chi connectivity index (χ0) is 13.9. The summed E-state index contributed by atoms with van der Waals surface area (Å²) in [5.74, 6) is 0.645. The number of pyridine rings is 1. The van der Waals surface area contributed by atoms with Crippen molar-refractivity contribution in [2.45, 2.75) is 10.9 Å². The average molecular weight is 281 g/mol. The summed E-state index contributed by atoms with van der Waals surface area (Å²) in [7, 11) is 0. The number of hydrogen-bond donors (Lipinski definition) is 2. The Balaban J connectivity index is 1.82. The number of hydrogen-bond acceptors (Lipinski definition) is 5. The van der Waals surface area contributed by atoms with Crippen molar-refractivity contribution in [2.24, 2.45) is 0 Å². The lowest BCUT2D eigenvalue weighted by Crippen LogP contribution is -1.90. The highest BCUT2D eigenvalue weighted by Gasteiger charge is 2.07. The highest BCUT2D eigenvalue weighted by atomic mass is 32.2. The maximum Gasteiger partial charge on any atom is 0.166 e. The molecule has 0 amide bonds. The summed E-state index contributed by atoms with van der Waals surface area (Å²) < 4.78 is 0. The predicted octanol–water partition coefficient (Wildman–Crippen LogP) is 2.70. The Kier molecular flexibility index (Phi) is 3.27. The highest BCUT2D eigenvalue weighted by Crippen LogP contribution is 2.24. The molecule has 1 aromatic carbocycles. The number of aromatic amines is 1. The average Bonchev–Trinajstić information content (AvgIpc) is 2.87. The van der Waals surface area contributed by atoms with Gasteiger partial charge in [-0.1, -0.05) is 17.8 Å². The van der Waals surface area contributed by atoms with Crippen LogP contribution in [0.5, 0.6) is 0 Å². The summed E-state index contributed by atoms with van der Waals surface area (Å²) >= 11 is 1.54. The summed E-state index contributed by atoms with van der Waals surface area (Å²) in [6.45, 7) is 0. The molecule has 0 fully saturated rings. The van der Waals surface area contributed by atoms with Crippen molar-refractivity contribution >= 4 is 28.5 Å². The minimum atomic E-state index is 0.459. The van der Waals surface area contributed by atoms with Gasteiger partial charge in [0.15, 0.2) is 5.16 Å². The van der Waals surface area contributed by atoms with Crippen LogP contribution < -0.4 is 5.73 Å². The van der Waals surface area contributed by atoms with Gasteiger partial charge < -0.3 is 10.7 Å². The van der Waals surface area contributed by atoms with Gasteiger partial charge in [-0.2, -0.15) is 5.26 Å². The van der Waals surface area contributed by atoms with Crippen LogP contribution in [0.2, 0.25) is 0 Å². The molecule has 0 bridgehead atoms. The molecule has 0 radical (unpaired) electrons. The van der Waals surface area contributed by atoms with E-state index in [-0.39, 0.29) is 0 Å². The maximum absolute atomic E-state index is 9.00. The minimum Gasteiger partial charge on any atom is -0.399 e. The second-order valence-electron chi connectivity index (χ2n) is 4.23. The summed E-state index contributed by atoms with van der Waals surface area (Å²) in [5, 5.41) is 9.81. The smallest absolute Gasteiger partial charge is 0.166 e. The van der Waals surface area contributed by atoms with E-state index >= 15 is 0 Å². The molecule has 3 aromatic rings. The molecule has 0 saturated heterocycles. The van der Waals surface area contributed by atoms with Gasteiger partial charge in [-0.25, -0.2) is 9.97 Å². The molecule has 2 aromatic heterocycles. The molecule has 0 atom stereocenters. The number of nitrogens with two attached hydrogens (primary N) is 1. The standard InChI is InChI=1S/C14H11N5S/c15-7-13-9(2-1-5-17-13)8-20-14-18-11-4-3-10(16)6-12(11)19-14/h1-6H,8,16H2,(H,18,19). The number of benzene rings is 1. The summed E-state index contributed by atoms with van der Waals surface area (Å²) in [4.78, 5) is 11.7. The Hall–Kier alpha value is -2.52. The number of imidazole rings is 1. The third kappa shape index (κ3) is 2.44. The van der Waals surface area contributed by atoms with Crippen LogP contribution in [-0.4, -0.2) is 15.0 Å². The van der Waals surface area contributed by atoms with Gasteiger partial charge in [-0.3, -0.25) is 0 Å².